The summed E-state index contributed by atoms with van der Waals surface area (Å²) >= 11 is 0. The number of H-pyrrole nitrogens is 1. The summed E-state index contributed by atoms with van der Waals surface area (Å²) in [6.07, 6.45) is 6.39. The van der Waals surface area contributed by atoms with E-state index >= 15 is 0 Å². The highest BCUT2D eigenvalue weighted by Crippen LogP contribution is 2.27. The number of halogens is 1. The Labute approximate surface area is 176 Å². The van der Waals surface area contributed by atoms with Crippen LogP contribution in [0, 0.1) is 5.82 Å². The van der Waals surface area contributed by atoms with Crippen molar-refractivity contribution in [2.24, 2.45) is 0 Å². The van der Waals surface area contributed by atoms with Crippen molar-refractivity contribution in [1.82, 2.24) is 20.7 Å². The molecule has 2 saturated heterocycles. The molecule has 5 rings (SSSR count). The number of fused-ring (bicyclic) bond motifs is 1. The summed E-state index contributed by atoms with van der Waals surface area (Å²) in [6.45, 7) is 2.65. The molecular formula is C24H29FN4O. The van der Waals surface area contributed by atoms with Crippen molar-refractivity contribution >= 4 is 10.9 Å². The van der Waals surface area contributed by atoms with Gasteiger partial charge in [0.2, 0.25) is 0 Å². The largest absolute Gasteiger partial charge is 0.490 e. The van der Waals surface area contributed by atoms with Crippen LogP contribution in [0.3, 0.4) is 0 Å². The van der Waals surface area contributed by atoms with E-state index in [0.29, 0.717) is 30.5 Å². The zero-order valence-corrected chi connectivity index (χ0v) is 17.1. The molecule has 0 radical (unpaired) electrons. The molecule has 3 unspecified atom stereocenters. The smallest absolute Gasteiger partial charge is 0.165 e. The maximum Gasteiger partial charge on any atom is 0.165 e. The lowest BCUT2D eigenvalue weighted by atomic mass is 9.99. The SMILES string of the molecule is Fc1ccccc1OCCC1CC(C2CCCN2Cc2ccc3[nH]ccc3c2)NN1. The Morgan fingerprint density at radius 1 is 1.10 bits per heavy atom. The van der Waals surface area contributed by atoms with Crippen LogP contribution >= 0.6 is 0 Å². The van der Waals surface area contributed by atoms with Gasteiger partial charge in [0.25, 0.3) is 0 Å². The number of rotatable bonds is 7. The Balaban J connectivity index is 1.14. The predicted molar refractivity (Wildman–Crippen MR) is 117 cm³/mol. The molecule has 0 bridgehead atoms. The number of hydrazine groups is 1. The van der Waals surface area contributed by atoms with Crippen LogP contribution in [0.4, 0.5) is 4.39 Å². The predicted octanol–water partition coefficient (Wildman–Crippen LogP) is 3.98. The van der Waals surface area contributed by atoms with E-state index in [-0.39, 0.29) is 5.82 Å². The Morgan fingerprint density at radius 2 is 2.03 bits per heavy atom. The summed E-state index contributed by atoms with van der Waals surface area (Å²) < 4.78 is 19.3. The van der Waals surface area contributed by atoms with E-state index in [1.165, 1.54) is 35.4 Å². The molecule has 3 aromatic rings. The van der Waals surface area contributed by atoms with E-state index in [2.05, 4.69) is 45.0 Å². The minimum Gasteiger partial charge on any atom is -0.490 e. The van der Waals surface area contributed by atoms with Crippen LogP contribution in [0.5, 0.6) is 5.75 Å². The molecule has 158 valence electrons. The number of para-hydroxylation sites is 1. The van der Waals surface area contributed by atoms with Crippen molar-refractivity contribution in [3.8, 4) is 5.75 Å². The van der Waals surface area contributed by atoms with E-state index in [1.807, 2.05) is 6.20 Å². The van der Waals surface area contributed by atoms with Gasteiger partial charge in [-0.1, -0.05) is 18.2 Å². The third-order valence-electron chi connectivity index (χ3n) is 6.45. The van der Waals surface area contributed by atoms with E-state index in [4.69, 9.17) is 4.74 Å². The highest BCUT2D eigenvalue weighted by molar-refractivity contribution is 5.79. The minimum absolute atomic E-state index is 0.299. The van der Waals surface area contributed by atoms with Crippen molar-refractivity contribution in [2.45, 2.75) is 50.4 Å². The van der Waals surface area contributed by atoms with Gasteiger partial charge in [-0.3, -0.25) is 15.8 Å². The van der Waals surface area contributed by atoms with E-state index in [0.717, 1.165) is 25.9 Å². The van der Waals surface area contributed by atoms with E-state index < -0.39 is 0 Å². The molecule has 0 spiro atoms. The molecule has 0 saturated carbocycles. The molecule has 2 aliphatic heterocycles. The Bertz CT molecular complexity index is 990. The van der Waals surface area contributed by atoms with E-state index in [1.54, 1.807) is 18.2 Å². The number of nitrogens with one attached hydrogen (secondary N) is 3. The standard InChI is InChI=1S/C24H29FN4O/c25-20-4-1-2-6-24(20)30-13-10-19-15-22(28-27-19)23-5-3-12-29(23)16-17-7-8-21-18(14-17)9-11-26-21/h1-2,4,6-9,11,14,19,22-23,26-28H,3,5,10,12-13,15-16H2. The van der Waals surface area contributed by atoms with Gasteiger partial charge >= 0.3 is 0 Å². The monoisotopic (exact) mass is 408 g/mol. The normalized spacial score (nSPS) is 24.6. The second-order valence-electron chi connectivity index (χ2n) is 8.47. The quantitative estimate of drug-likeness (QED) is 0.554. The molecule has 6 heteroatoms. The number of hydrogen-bond donors (Lipinski definition) is 3. The van der Waals surface area contributed by atoms with Gasteiger partial charge in [0.1, 0.15) is 0 Å². The Hall–Kier alpha value is -2.41. The summed E-state index contributed by atoms with van der Waals surface area (Å²) in [7, 11) is 0. The van der Waals surface area contributed by atoms with Gasteiger partial charge in [-0.05, 0) is 73.5 Å². The first-order valence-corrected chi connectivity index (χ1v) is 10.9. The van der Waals surface area contributed by atoms with Crippen molar-refractivity contribution < 1.29 is 9.13 Å². The highest BCUT2D eigenvalue weighted by Gasteiger charge is 2.36. The third kappa shape index (κ3) is 4.21. The number of likely N-dealkylation sites (tertiary alicyclic amines) is 1. The lowest BCUT2D eigenvalue weighted by Gasteiger charge is -2.29. The first-order valence-electron chi connectivity index (χ1n) is 10.9. The zero-order valence-electron chi connectivity index (χ0n) is 17.1. The summed E-state index contributed by atoms with van der Waals surface area (Å²) in [6, 6.07) is 16.8. The van der Waals surface area contributed by atoms with Gasteiger partial charge in [0, 0.05) is 36.4 Å². The molecule has 2 aliphatic rings. The van der Waals surface area contributed by atoms with Crippen molar-refractivity contribution in [3.63, 3.8) is 0 Å². The average molecular weight is 409 g/mol. The second-order valence-corrected chi connectivity index (χ2v) is 8.47. The first-order chi connectivity index (χ1) is 14.8. The molecule has 0 amide bonds. The molecule has 2 aromatic carbocycles. The van der Waals surface area contributed by atoms with Crippen LogP contribution in [0.15, 0.2) is 54.7 Å². The number of aromatic amines is 1. The number of nitrogens with zero attached hydrogens (tertiary/aromatic N) is 1. The van der Waals surface area contributed by atoms with Crippen LogP contribution in [0.1, 0.15) is 31.2 Å². The van der Waals surface area contributed by atoms with Crippen molar-refractivity contribution in [3.05, 3.63) is 66.1 Å². The highest BCUT2D eigenvalue weighted by atomic mass is 19.1. The lowest BCUT2D eigenvalue weighted by Crippen LogP contribution is -2.45. The fourth-order valence-corrected chi connectivity index (χ4v) is 4.90. The third-order valence-corrected chi connectivity index (χ3v) is 6.45. The van der Waals surface area contributed by atoms with Gasteiger partial charge in [0.05, 0.1) is 6.61 Å². The van der Waals surface area contributed by atoms with Gasteiger partial charge in [-0.2, -0.15) is 0 Å². The maximum absolute atomic E-state index is 13.7. The number of ether oxygens (including phenoxy) is 1. The molecule has 3 heterocycles. The van der Waals surface area contributed by atoms with Gasteiger partial charge in [0.15, 0.2) is 11.6 Å². The molecule has 1 aromatic heterocycles. The number of aromatic nitrogens is 1. The topological polar surface area (TPSA) is 52.3 Å². The minimum atomic E-state index is -0.299. The average Bonchev–Trinajstić information content (AvgIpc) is 3.50. The second kappa shape index (κ2) is 8.76. The van der Waals surface area contributed by atoms with Crippen LogP contribution in [-0.2, 0) is 6.54 Å². The molecular weight excluding hydrogens is 379 g/mol. The Morgan fingerprint density at radius 3 is 2.97 bits per heavy atom. The summed E-state index contributed by atoms with van der Waals surface area (Å²) in [5.41, 5.74) is 9.52. The van der Waals surface area contributed by atoms with Crippen molar-refractivity contribution in [2.75, 3.05) is 13.2 Å². The summed E-state index contributed by atoms with van der Waals surface area (Å²) in [4.78, 5) is 5.88. The van der Waals surface area contributed by atoms with Crippen LogP contribution in [0.25, 0.3) is 10.9 Å². The molecule has 3 atom stereocenters. The number of benzene rings is 2. The molecule has 30 heavy (non-hydrogen) atoms. The van der Waals surface area contributed by atoms with Gasteiger partial charge in [-0.15, -0.1) is 0 Å². The molecule has 5 nitrogen and oxygen atoms in total. The zero-order chi connectivity index (χ0) is 20.3. The first kappa shape index (κ1) is 19.5. The van der Waals surface area contributed by atoms with Crippen molar-refractivity contribution in [1.29, 1.82) is 0 Å². The van der Waals surface area contributed by atoms with Gasteiger partial charge in [-0.25, -0.2) is 4.39 Å². The van der Waals surface area contributed by atoms with Crippen LogP contribution in [0.2, 0.25) is 0 Å². The molecule has 3 N–H and O–H groups in total. The summed E-state index contributed by atoms with van der Waals surface area (Å²) in [5, 5.41) is 1.28. The Kier molecular flexibility index (Phi) is 5.71. The van der Waals surface area contributed by atoms with Crippen LogP contribution in [-0.4, -0.2) is 41.2 Å². The van der Waals surface area contributed by atoms with E-state index in [9.17, 15) is 4.39 Å². The molecule has 0 aliphatic carbocycles. The van der Waals surface area contributed by atoms with Crippen LogP contribution < -0.4 is 15.6 Å². The summed E-state index contributed by atoms with van der Waals surface area (Å²) in [5.74, 6) is 0.0358. The van der Waals surface area contributed by atoms with Gasteiger partial charge < -0.3 is 9.72 Å². The fourth-order valence-electron chi connectivity index (χ4n) is 4.90. The fraction of sp³-hybridized carbons (Fsp3) is 0.417. The number of hydrogen-bond acceptors (Lipinski definition) is 4. The maximum atomic E-state index is 13.7. The lowest BCUT2D eigenvalue weighted by molar-refractivity contribution is 0.203. The molecule has 2 fully saturated rings.